The number of fused-ring (bicyclic) bond motifs is 1. The molecule has 1 unspecified atom stereocenters. The number of nitrogens with zero attached hydrogens (tertiary/aromatic N) is 2. The van der Waals surface area contributed by atoms with Crippen LogP contribution in [0, 0.1) is 6.92 Å². The summed E-state index contributed by atoms with van der Waals surface area (Å²) in [5.74, 6) is 0.173. The van der Waals surface area contributed by atoms with Gasteiger partial charge < -0.3 is 14.4 Å². The fraction of sp³-hybridized carbons (Fsp3) is 0.292. The van der Waals surface area contributed by atoms with Gasteiger partial charge in [0.1, 0.15) is 5.75 Å². The van der Waals surface area contributed by atoms with Crippen molar-refractivity contribution in [2.45, 2.75) is 39.8 Å². The second-order valence-electron chi connectivity index (χ2n) is 7.46. The van der Waals surface area contributed by atoms with Crippen LogP contribution < -0.4 is 9.64 Å². The van der Waals surface area contributed by atoms with Crippen molar-refractivity contribution in [2.75, 3.05) is 11.5 Å². The molecular formula is C24H24N2O4S. The number of hydrogen-bond donors (Lipinski definition) is 0. The molecule has 2 aromatic carbocycles. The lowest BCUT2D eigenvalue weighted by molar-refractivity contribution is -0.125. The molecule has 1 aromatic heterocycles. The van der Waals surface area contributed by atoms with E-state index >= 15 is 0 Å². The van der Waals surface area contributed by atoms with E-state index in [4.69, 9.17) is 9.47 Å². The van der Waals surface area contributed by atoms with Crippen LogP contribution in [-0.4, -0.2) is 29.6 Å². The Morgan fingerprint density at radius 2 is 2.10 bits per heavy atom. The van der Waals surface area contributed by atoms with Crippen LogP contribution in [0.4, 0.5) is 5.69 Å². The molecule has 0 spiro atoms. The molecule has 1 aliphatic heterocycles. The molecule has 0 saturated heterocycles. The molecule has 7 heteroatoms. The van der Waals surface area contributed by atoms with Crippen LogP contribution in [0.5, 0.6) is 5.75 Å². The maximum absolute atomic E-state index is 13.0. The standard InChI is InChI=1S/C24H24N2O4S/c1-4-10-29-24(28)19-7-5-6-17(11-19)13-26-21-12-18(20-14-31-16(3)25-20)8-9-22(21)30-15(2)23(26)27/h5-9,11-12,14-15H,4,10,13H2,1-3H3. The molecule has 160 valence electrons. The highest BCUT2D eigenvalue weighted by Gasteiger charge is 2.32. The van der Waals surface area contributed by atoms with Crippen LogP contribution in [0.25, 0.3) is 11.3 Å². The number of aryl methyl sites for hydroxylation is 1. The Balaban J connectivity index is 1.66. The summed E-state index contributed by atoms with van der Waals surface area (Å²) in [4.78, 5) is 31.5. The van der Waals surface area contributed by atoms with Gasteiger partial charge >= 0.3 is 5.97 Å². The lowest BCUT2D eigenvalue weighted by Gasteiger charge is -2.33. The molecule has 0 bridgehead atoms. The smallest absolute Gasteiger partial charge is 0.338 e. The number of rotatable bonds is 6. The van der Waals surface area contributed by atoms with Gasteiger partial charge in [0.15, 0.2) is 6.10 Å². The minimum absolute atomic E-state index is 0.127. The maximum Gasteiger partial charge on any atom is 0.338 e. The first-order valence-electron chi connectivity index (χ1n) is 10.3. The first kappa shape index (κ1) is 21.1. The van der Waals surface area contributed by atoms with Crippen molar-refractivity contribution in [3.63, 3.8) is 0 Å². The fourth-order valence-corrected chi connectivity index (χ4v) is 4.10. The number of esters is 1. The van der Waals surface area contributed by atoms with Gasteiger partial charge in [0.05, 0.1) is 35.1 Å². The van der Waals surface area contributed by atoms with E-state index in [9.17, 15) is 9.59 Å². The van der Waals surface area contributed by atoms with E-state index in [-0.39, 0.29) is 11.9 Å². The third kappa shape index (κ3) is 4.46. The van der Waals surface area contributed by atoms with Crippen LogP contribution in [0.15, 0.2) is 47.8 Å². The van der Waals surface area contributed by atoms with Gasteiger partial charge in [-0.15, -0.1) is 11.3 Å². The molecule has 2 heterocycles. The van der Waals surface area contributed by atoms with Gasteiger partial charge in [-0.05, 0) is 56.2 Å². The highest BCUT2D eigenvalue weighted by Crippen LogP contribution is 2.38. The zero-order valence-electron chi connectivity index (χ0n) is 17.8. The molecule has 0 fully saturated rings. The lowest BCUT2D eigenvalue weighted by atomic mass is 10.1. The summed E-state index contributed by atoms with van der Waals surface area (Å²) in [6, 6.07) is 13.0. The zero-order chi connectivity index (χ0) is 22.0. The van der Waals surface area contributed by atoms with Gasteiger partial charge in [-0.3, -0.25) is 4.79 Å². The second-order valence-corrected chi connectivity index (χ2v) is 8.52. The number of ether oxygens (including phenoxy) is 2. The van der Waals surface area contributed by atoms with Crippen LogP contribution in [0.2, 0.25) is 0 Å². The van der Waals surface area contributed by atoms with Gasteiger partial charge in [0, 0.05) is 10.9 Å². The minimum Gasteiger partial charge on any atom is -0.479 e. The number of thiazole rings is 1. The van der Waals surface area contributed by atoms with Crippen molar-refractivity contribution in [3.05, 3.63) is 64.0 Å². The van der Waals surface area contributed by atoms with Gasteiger partial charge in [0.2, 0.25) is 0 Å². The Labute approximate surface area is 185 Å². The number of benzene rings is 2. The van der Waals surface area contributed by atoms with Crippen LogP contribution >= 0.6 is 11.3 Å². The quantitative estimate of drug-likeness (QED) is 0.509. The molecule has 0 N–H and O–H groups in total. The number of carbonyl (C=O) groups is 2. The first-order chi connectivity index (χ1) is 15.0. The van der Waals surface area contributed by atoms with Crippen LogP contribution in [-0.2, 0) is 16.1 Å². The molecule has 31 heavy (non-hydrogen) atoms. The molecule has 1 atom stereocenters. The number of anilines is 1. The summed E-state index contributed by atoms with van der Waals surface area (Å²) >= 11 is 1.58. The molecule has 4 rings (SSSR count). The SMILES string of the molecule is CCCOC(=O)c1cccc(CN2C(=O)C(C)Oc3ccc(-c4csc(C)n4)cc32)c1. The average Bonchev–Trinajstić information content (AvgIpc) is 3.21. The van der Waals surface area contributed by atoms with E-state index in [1.54, 1.807) is 35.3 Å². The Bertz CT molecular complexity index is 1120. The molecule has 1 amide bonds. The highest BCUT2D eigenvalue weighted by atomic mass is 32.1. The highest BCUT2D eigenvalue weighted by molar-refractivity contribution is 7.09. The lowest BCUT2D eigenvalue weighted by Crippen LogP contribution is -2.44. The number of aromatic nitrogens is 1. The average molecular weight is 437 g/mol. The maximum atomic E-state index is 13.0. The van der Waals surface area contributed by atoms with E-state index in [1.165, 1.54) is 0 Å². The normalized spacial score (nSPS) is 15.4. The number of amides is 1. The molecule has 0 saturated carbocycles. The van der Waals surface area contributed by atoms with Crippen molar-refractivity contribution < 1.29 is 19.1 Å². The van der Waals surface area contributed by atoms with Crippen molar-refractivity contribution in [1.82, 2.24) is 4.98 Å². The molecule has 6 nitrogen and oxygen atoms in total. The molecule has 0 radical (unpaired) electrons. The molecule has 0 aliphatic carbocycles. The van der Waals surface area contributed by atoms with Gasteiger partial charge in [-0.1, -0.05) is 19.1 Å². The minimum atomic E-state index is -0.586. The van der Waals surface area contributed by atoms with Gasteiger partial charge in [0.25, 0.3) is 5.91 Å². The van der Waals surface area contributed by atoms with E-state index in [0.29, 0.717) is 30.2 Å². The molecular weight excluding hydrogens is 412 g/mol. The Morgan fingerprint density at radius 1 is 1.26 bits per heavy atom. The van der Waals surface area contributed by atoms with Crippen LogP contribution in [0.3, 0.4) is 0 Å². The summed E-state index contributed by atoms with van der Waals surface area (Å²) in [7, 11) is 0. The molecule has 3 aromatic rings. The third-order valence-corrected chi connectivity index (χ3v) is 5.80. The summed E-state index contributed by atoms with van der Waals surface area (Å²) in [6.45, 7) is 6.37. The van der Waals surface area contributed by atoms with E-state index < -0.39 is 6.10 Å². The van der Waals surface area contributed by atoms with Gasteiger partial charge in [-0.25, -0.2) is 9.78 Å². The topological polar surface area (TPSA) is 68.7 Å². The van der Waals surface area contributed by atoms with Crippen molar-refractivity contribution >= 4 is 28.9 Å². The number of hydrogen-bond acceptors (Lipinski definition) is 6. The van der Waals surface area contributed by atoms with E-state index in [0.717, 1.165) is 28.2 Å². The second kappa shape index (κ2) is 8.89. The Hall–Kier alpha value is -3.19. The van der Waals surface area contributed by atoms with E-state index in [1.807, 2.05) is 49.6 Å². The monoisotopic (exact) mass is 436 g/mol. The largest absolute Gasteiger partial charge is 0.479 e. The summed E-state index contributed by atoms with van der Waals surface area (Å²) < 4.78 is 11.1. The molecule has 1 aliphatic rings. The predicted octanol–water partition coefficient (Wildman–Crippen LogP) is 5.00. The zero-order valence-corrected chi connectivity index (χ0v) is 18.6. The third-order valence-electron chi connectivity index (χ3n) is 5.02. The summed E-state index contributed by atoms with van der Waals surface area (Å²) in [5, 5.41) is 2.98. The predicted molar refractivity (Wildman–Crippen MR) is 121 cm³/mol. The van der Waals surface area contributed by atoms with Crippen molar-refractivity contribution in [3.8, 4) is 17.0 Å². The Morgan fingerprint density at radius 3 is 2.84 bits per heavy atom. The summed E-state index contributed by atoms with van der Waals surface area (Å²) in [5.41, 5.74) is 3.82. The van der Waals surface area contributed by atoms with Crippen molar-refractivity contribution in [2.24, 2.45) is 0 Å². The van der Waals surface area contributed by atoms with Gasteiger partial charge in [-0.2, -0.15) is 0 Å². The Kier molecular flexibility index (Phi) is 6.04. The number of carbonyl (C=O) groups excluding carboxylic acids is 2. The van der Waals surface area contributed by atoms with Crippen LogP contribution in [0.1, 0.15) is 41.2 Å². The first-order valence-corrected chi connectivity index (χ1v) is 11.1. The van der Waals surface area contributed by atoms with Crippen molar-refractivity contribution in [1.29, 1.82) is 0 Å². The van der Waals surface area contributed by atoms with E-state index in [2.05, 4.69) is 4.98 Å². The summed E-state index contributed by atoms with van der Waals surface area (Å²) in [6.07, 6.45) is 0.182. The fourth-order valence-electron chi connectivity index (χ4n) is 3.48.